The summed E-state index contributed by atoms with van der Waals surface area (Å²) in [4.78, 5) is 26.5. The van der Waals surface area contributed by atoms with Crippen molar-refractivity contribution in [2.45, 2.75) is 57.6 Å². The molecule has 2 unspecified atom stereocenters. The summed E-state index contributed by atoms with van der Waals surface area (Å²) in [7, 11) is 0. The average molecular weight is 376 g/mol. The molecule has 6 heteroatoms. The minimum Gasteiger partial charge on any atom is -0.449 e. The summed E-state index contributed by atoms with van der Waals surface area (Å²) in [5.74, 6) is 0.209. The van der Waals surface area contributed by atoms with Gasteiger partial charge in [-0.1, -0.05) is 30.4 Å². The molecule has 0 bridgehead atoms. The third kappa shape index (κ3) is 6.77. The van der Waals surface area contributed by atoms with Gasteiger partial charge in [-0.3, -0.25) is 0 Å². The summed E-state index contributed by atoms with van der Waals surface area (Å²) in [6, 6.07) is 0. The van der Waals surface area contributed by atoms with Crippen molar-refractivity contribution in [3.8, 4) is 0 Å². The minimum absolute atomic E-state index is 0.209. The molecule has 1 N–H and O–H groups in total. The van der Waals surface area contributed by atoms with Crippen LogP contribution in [-0.2, 0) is 9.47 Å². The molecule has 0 saturated carbocycles. The highest BCUT2D eigenvalue weighted by atomic mass is 16.6. The van der Waals surface area contributed by atoms with E-state index in [2.05, 4.69) is 18.0 Å². The van der Waals surface area contributed by atoms with E-state index < -0.39 is 17.2 Å². The first-order valence-electron chi connectivity index (χ1n) is 9.60. The lowest BCUT2D eigenvalue weighted by atomic mass is 9.86. The van der Waals surface area contributed by atoms with Gasteiger partial charge in [0.15, 0.2) is 0 Å². The quantitative estimate of drug-likeness (QED) is 0.731. The molecule has 2 atom stereocenters. The molecule has 0 aromatic carbocycles. The zero-order chi connectivity index (χ0) is 19.9. The molecule has 27 heavy (non-hydrogen) atoms. The number of hydrogen-bond donors (Lipinski definition) is 1. The normalized spacial score (nSPS) is 25.0. The maximum atomic E-state index is 12.4. The second-order valence-corrected chi connectivity index (χ2v) is 8.31. The Bertz CT molecular complexity index is 606. The van der Waals surface area contributed by atoms with E-state index in [0.717, 1.165) is 19.3 Å². The van der Waals surface area contributed by atoms with Crippen LogP contribution in [0.1, 0.15) is 46.5 Å². The molecule has 0 radical (unpaired) electrons. The van der Waals surface area contributed by atoms with E-state index in [1.807, 2.05) is 39.0 Å². The van der Waals surface area contributed by atoms with Crippen molar-refractivity contribution < 1.29 is 19.1 Å². The second kappa shape index (κ2) is 9.11. The van der Waals surface area contributed by atoms with Gasteiger partial charge in [-0.05, 0) is 46.5 Å². The maximum Gasteiger partial charge on any atom is 0.410 e. The third-order valence-corrected chi connectivity index (χ3v) is 4.63. The molecule has 1 saturated heterocycles. The van der Waals surface area contributed by atoms with Crippen molar-refractivity contribution in [2.24, 2.45) is 5.92 Å². The number of likely N-dealkylation sites (tertiary alicyclic amines) is 1. The van der Waals surface area contributed by atoms with Gasteiger partial charge in [0, 0.05) is 19.0 Å². The molecular formula is C21H32N2O4. The van der Waals surface area contributed by atoms with Crippen LogP contribution in [0.3, 0.4) is 0 Å². The highest BCUT2D eigenvalue weighted by Gasteiger charge is 2.39. The largest absolute Gasteiger partial charge is 0.449 e. The Kier molecular flexibility index (Phi) is 7.11. The summed E-state index contributed by atoms with van der Waals surface area (Å²) in [6.45, 7) is 10.7. The fraction of sp³-hybridized carbons (Fsp3) is 0.619. The Morgan fingerprint density at radius 1 is 1.37 bits per heavy atom. The molecule has 0 spiro atoms. The van der Waals surface area contributed by atoms with E-state index in [4.69, 9.17) is 9.47 Å². The number of nitrogens with one attached hydrogen (secondary N) is 1. The maximum absolute atomic E-state index is 12.4. The van der Waals surface area contributed by atoms with Gasteiger partial charge in [0.2, 0.25) is 0 Å². The lowest BCUT2D eigenvalue weighted by Crippen LogP contribution is -2.60. The van der Waals surface area contributed by atoms with Crippen molar-refractivity contribution in [3.63, 3.8) is 0 Å². The molecule has 1 aliphatic heterocycles. The smallest absolute Gasteiger partial charge is 0.410 e. The first kappa shape index (κ1) is 21.1. The van der Waals surface area contributed by atoms with Gasteiger partial charge in [0.25, 0.3) is 0 Å². The Labute approximate surface area is 162 Å². The van der Waals surface area contributed by atoms with E-state index >= 15 is 0 Å². The molecule has 0 aromatic rings. The van der Waals surface area contributed by atoms with Gasteiger partial charge in [-0.25, -0.2) is 9.59 Å². The molecule has 6 nitrogen and oxygen atoms in total. The van der Waals surface area contributed by atoms with Crippen molar-refractivity contribution in [2.75, 3.05) is 19.7 Å². The fourth-order valence-corrected chi connectivity index (χ4v) is 3.40. The van der Waals surface area contributed by atoms with E-state index in [1.54, 1.807) is 11.0 Å². The summed E-state index contributed by atoms with van der Waals surface area (Å²) in [6.07, 6.45) is 12.0. The second-order valence-electron chi connectivity index (χ2n) is 8.31. The molecule has 1 aliphatic carbocycles. The topological polar surface area (TPSA) is 67.9 Å². The number of allylic oxidation sites excluding steroid dienone is 3. The molecular weight excluding hydrogens is 344 g/mol. The standard InChI is InChI=1S/C21H32N2O4/c1-5-12-21(22-18(24)26-15-17-10-7-6-8-11-17)13-9-14-23(16-21)19(25)27-20(2,3)4/h5-8,10,17H,1,9,11-16H2,2-4H3,(H,22,24). The highest BCUT2D eigenvalue weighted by Crippen LogP contribution is 2.27. The number of ether oxygens (including phenoxy) is 2. The number of hydrogen-bond acceptors (Lipinski definition) is 4. The minimum atomic E-state index is -0.573. The third-order valence-electron chi connectivity index (χ3n) is 4.63. The predicted molar refractivity (Wildman–Crippen MR) is 105 cm³/mol. The molecule has 2 rings (SSSR count). The Morgan fingerprint density at radius 2 is 2.15 bits per heavy atom. The van der Waals surface area contributed by atoms with Crippen molar-refractivity contribution in [1.82, 2.24) is 10.2 Å². The Hall–Kier alpha value is -2.24. The van der Waals surface area contributed by atoms with E-state index in [-0.39, 0.29) is 12.0 Å². The number of piperidine rings is 1. The SMILES string of the molecule is C=CCC1(NC(=O)OCC2C=CC=CC2)CCCN(C(=O)OC(C)(C)C)C1. The van der Waals surface area contributed by atoms with Crippen LogP contribution in [0.4, 0.5) is 9.59 Å². The van der Waals surface area contributed by atoms with Crippen LogP contribution in [0.15, 0.2) is 37.0 Å². The Morgan fingerprint density at radius 3 is 2.78 bits per heavy atom. The number of rotatable bonds is 5. The summed E-state index contributed by atoms with van der Waals surface area (Å²) in [5.41, 5.74) is -1.12. The van der Waals surface area contributed by atoms with E-state index in [1.165, 1.54) is 0 Å². The van der Waals surface area contributed by atoms with Crippen LogP contribution in [0.5, 0.6) is 0 Å². The summed E-state index contributed by atoms with van der Waals surface area (Å²) < 4.78 is 10.9. The molecule has 1 fully saturated rings. The van der Waals surface area contributed by atoms with Crippen molar-refractivity contribution in [3.05, 3.63) is 37.0 Å². The van der Waals surface area contributed by atoms with Gasteiger partial charge in [0.05, 0.1) is 12.1 Å². The number of nitrogens with zero attached hydrogens (tertiary/aromatic N) is 1. The van der Waals surface area contributed by atoms with E-state index in [9.17, 15) is 9.59 Å². The van der Waals surface area contributed by atoms with Crippen LogP contribution in [0.25, 0.3) is 0 Å². The average Bonchev–Trinajstić information content (AvgIpc) is 2.60. The number of alkyl carbamates (subject to hydrolysis) is 1. The van der Waals surface area contributed by atoms with Gasteiger partial charge in [-0.2, -0.15) is 0 Å². The van der Waals surface area contributed by atoms with Crippen LogP contribution < -0.4 is 5.32 Å². The summed E-state index contributed by atoms with van der Waals surface area (Å²) in [5, 5.41) is 3.00. The lowest BCUT2D eigenvalue weighted by Gasteiger charge is -2.42. The van der Waals surface area contributed by atoms with Gasteiger partial charge < -0.3 is 19.7 Å². The predicted octanol–water partition coefficient (Wildman–Crippen LogP) is 4.19. The van der Waals surface area contributed by atoms with Crippen LogP contribution >= 0.6 is 0 Å². The number of carbonyl (C=O) groups excluding carboxylic acids is 2. The monoisotopic (exact) mass is 376 g/mol. The first-order valence-corrected chi connectivity index (χ1v) is 9.60. The zero-order valence-corrected chi connectivity index (χ0v) is 16.7. The number of carbonyl (C=O) groups is 2. The van der Waals surface area contributed by atoms with Crippen molar-refractivity contribution in [1.29, 1.82) is 0 Å². The van der Waals surface area contributed by atoms with Crippen LogP contribution in [0, 0.1) is 5.92 Å². The molecule has 1 heterocycles. The molecule has 2 amide bonds. The highest BCUT2D eigenvalue weighted by molar-refractivity contribution is 5.70. The van der Waals surface area contributed by atoms with Gasteiger partial charge >= 0.3 is 12.2 Å². The molecule has 0 aromatic heterocycles. The zero-order valence-electron chi connectivity index (χ0n) is 16.7. The lowest BCUT2D eigenvalue weighted by molar-refractivity contribution is 0.0103. The summed E-state index contributed by atoms with van der Waals surface area (Å²) >= 11 is 0. The first-order chi connectivity index (χ1) is 12.7. The number of amides is 2. The van der Waals surface area contributed by atoms with Gasteiger partial charge in [0.1, 0.15) is 5.60 Å². The van der Waals surface area contributed by atoms with Crippen LogP contribution in [-0.4, -0.2) is 47.9 Å². The molecule has 150 valence electrons. The van der Waals surface area contributed by atoms with E-state index in [0.29, 0.717) is 26.1 Å². The molecule has 2 aliphatic rings. The van der Waals surface area contributed by atoms with Crippen molar-refractivity contribution >= 4 is 12.2 Å². The van der Waals surface area contributed by atoms with Crippen LogP contribution in [0.2, 0.25) is 0 Å². The van der Waals surface area contributed by atoms with Gasteiger partial charge in [-0.15, -0.1) is 6.58 Å². The Balaban J connectivity index is 1.95. The fourth-order valence-electron chi connectivity index (χ4n) is 3.40.